The molecule has 5 nitrogen and oxygen atoms in total. The van der Waals surface area contributed by atoms with Crippen molar-refractivity contribution in [2.24, 2.45) is 5.73 Å². The van der Waals surface area contributed by atoms with E-state index in [0.717, 1.165) is 5.69 Å². The first-order valence-corrected chi connectivity index (χ1v) is 6.44. The molecule has 3 N–H and O–H groups in total. The van der Waals surface area contributed by atoms with Gasteiger partial charge in [0.2, 0.25) is 5.91 Å². The summed E-state index contributed by atoms with van der Waals surface area (Å²) < 4.78 is 27.5. The second kappa shape index (κ2) is 7.86. The molecule has 120 valence electrons. The highest BCUT2D eigenvalue weighted by atomic mass is 35.5. The summed E-state index contributed by atoms with van der Waals surface area (Å²) in [7, 11) is 0. The summed E-state index contributed by atoms with van der Waals surface area (Å²) >= 11 is 0. The number of nitrogens with two attached hydrogens (primary N) is 1. The lowest BCUT2D eigenvalue weighted by Crippen LogP contribution is -2.41. The Kier molecular flexibility index (Phi) is 6.45. The smallest absolute Gasteiger partial charge is 0.277 e. The molecule has 0 atom stereocenters. The molecular weight excluding hydrogens is 314 g/mol. The maximum Gasteiger partial charge on any atom is 0.277 e. The number of hydrogen-bond acceptors (Lipinski definition) is 3. The van der Waals surface area contributed by atoms with Gasteiger partial charge >= 0.3 is 0 Å². The molecule has 0 spiro atoms. The fourth-order valence-electron chi connectivity index (χ4n) is 1.72. The lowest BCUT2D eigenvalue weighted by atomic mass is 10.2. The van der Waals surface area contributed by atoms with Crippen LogP contribution in [0.3, 0.4) is 0 Å². The standard InChI is InChI=1S/C14H16F2N4O.ClH/c15-14(16,9-17)10-18-13(21)6-11-7-19-20(8-11)12-4-2-1-3-5-12;/h1-5,7-8H,6,9-10,17H2,(H,18,21);1H. The SMILES string of the molecule is Cl.NCC(F)(F)CNC(=O)Cc1cnn(-c2ccccc2)c1. The number of alkyl halides is 2. The highest BCUT2D eigenvalue weighted by molar-refractivity contribution is 5.85. The van der Waals surface area contributed by atoms with Crippen molar-refractivity contribution in [2.45, 2.75) is 12.3 Å². The Morgan fingerprint density at radius 3 is 2.64 bits per heavy atom. The van der Waals surface area contributed by atoms with Crippen molar-refractivity contribution in [3.8, 4) is 5.69 Å². The molecule has 1 aromatic heterocycles. The Labute approximate surface area is 132 Å². The van der Waals surface area contributed by atoms with Crippen molar-refractivity contribution in [1.29, 1.82) is 0 Å². The average Bonchev–Trinajstić information content (AvgIpc) is 2.95. The molecule has 0 unspecified atom stereocenters. The second-order valence-electron chi connectivity index (χ2n) is 4.64. The average molecular weight is 331 g/mol. The number of nitrogens with one attached hydrogen (secondary N) is 1. The van der Waals surface area contributed by atoms with Crippen LogP contribution in [-0.2, 0) is 11.2 Å². The van der Waals surface area contributed by atoms with Gasteiger partial charge in [-0.25, -0.2) is 13.5 Å². The van der Waals surface area contributed by atoms with Crippen LogP contribution in [-0.4, -0.2) is 34.7 Å². The van der Waals surface area contributed by atoms with E-state index in [1.165, 1.54) is 6.20 Å². The zero-order chi connectivity index (χ0) is 15.3. The van der Waals surface area contributed by atoms with Crippen molar-refractivity contribution in [3.63, 3.8) is 0 Å². The van der Waals surface area contributed by atoms with Crippen molar-refractivity contribution in [3.05, 3.63) is 48.3 Å². The third kappa shape index (κ3) is 5.09. The number of amides is 1. The van der Waals surface area contributed by atoms with Gasteiger partial charge in [-0.2, -0.15) is 5.10 Å². The Hall–Kier alpha value is -1.99. The van der Waals surface area contributed by atoms with Gasteiger partial charge in [0.15, 0.2) is 0 Å². The number of nitrogens with zero attached hydrogens (tertiary/aromatic N) is 2. The molecule has 0 aliphatic carbocycles. The van der Waals surface area contributed by atoms with E-state index in [1.54, 1.807) is 10.9 Å². The molecule has 0 bridgehead atoms. The summed E-state index contributed by atoms with van der Waals surface area (Å²) in [4.78, 5) is 11.6. The number of aromatic nitrogens is 2. The minimum atomic E-state index is -3.08. The highest BCUT2D eigenvalue weighted by Crippen LogP contribution is 2.10. The van der Waals surface area contributed by atoms with Crippen LogP contribution in [0.25, 0.3) is 5.69 Å². The molecule has 0 aliphatic heterocycles. The molecule has 0 saturated carbocycles. The van der Waals surface area contributed by atoms with Gasteiger partial charge in [-0.1, -0.05) is 18.2 Å². The number of rotatable bonds is 6. The van der Waals surface area contributed by atoms with E-state index >= 15 is 0 Å². The Morgan fingerprint density at radius 1 is 1.32 bits per heavy atom. The van der Waals surface area contributed by atoms with Crippen molar-refractivity contribution in [1.82, 2.24) is 15.1 Å². The maximum atomic E-state index is 12.9. The van der Waals surface area contributed by atoms with Crippen LogP contribution in [0.4, 0.5) is 8.78 Å². The number of carbonyl (C=O) groups is 1. The monoisotopic (exact) mass is 330 g/mol. The predicted octanol–water partition coefficient (Wildman–Crippen LogP) is 1.55. The van der Waals surface area contributed by atoms with Crippen LogP contribution in [0.5, 0.6) is 0 Å². The second-order valence-corrected chi connectivity index (χ2v) is 4.64. The lowest BCUT2D eigenvalue weighted by molar-refractivity contribution is -0.122. The Balaban J connectivity index is 0.00000242. The van der Waals surface area contributed by atoms with E-state index in [1.807, 2.05) is 30.3 Å². The summed E-state index contributed by atoms with van der Waals surface area (Å²) in [5.41, 5.74) is 6.40. The van der Waals surface area contributed by atoms with Gasteiger partial charge in [-0.05, 0) is 17.7 Å². The third-order valence-corrected chi connectivity index (χ3v) is 2.86. The minimum Gasteiger partial charge on any atom is -0.350 e. The molecule has 0 saturated heterocycles. The van der Waals surface area contributed by atoms with Crippen molar-refractivity contribution >= 4 is 18.3 Å². The maximum absolute atomic E-state index is 12.9. The van der Waals surface area contributed by atoms with Gasteiger partial charge < -0.3 is 11.1 Å². The molecule has 1 aromatic carbocycles. The summed E-state index contributed by atoms with van der Waals surface area (Å²) in [6, 6.07) is 9.38. The Bertz CT molecular complexity index is 604. The van der Waals surface area contributed by atoms with Crippen molar-refractivity contribution < 1.29 is 13.6 Å². The summed E-state index contributed by atoms with van der Waals surface area (Å²) in [6.45, 7) is -1.55. The van der Waals surface area contributed by atoms with E-state index < -0.39 is 24.9 Å². The van der Waals surface area contributed by atoms with Gasteiger partial charge in [-0.3, -0.25) is 4.79 Å². The molecular formula is C14H17ClF2N4O. The van der Waals surface area contributed by atoms with E-state index in [9.17, 15) is 13.6 Å². The van der Waals surface area contributed by atoms with Gasteiger partial charge in [0.1, 0.15) is 0 Å². The molecule has 22 heavy (non-hydrogen) atoms. The van der Waals surface area contributed by atoms with Gasteiger partial charge in [0.05, 0.1) is 31.4 Å². The molecule has 0 aliphatic rings. The normalized spacial score (nSPS) is 10.9. The fraction of sp³-hybridized carbons (Fsp3) is 0.286. The number of carbonyl (C=O) groups excluding carboxylic acids is 1. The molecule has 1 heterocycles. The van der Waals surface area contributed by atoms with Crippen LogP contribution in [0.1, 0.15) is 5.56 Å². The topological polar surface area (TPSA) is 72.9 Å². The molecule has 0 radical (unpaired) electrons. The molecule has 1 amide bonds. The van der Waals surface area contributed by atoms with Gasteiger partial charge in [0.25, 0.3) is 5.92 Å². The zero-order valence-electron chi connectivity index (χ0n) is 11.7. The molecule has 0 fully saturated rings. The summed E-state index contributed by atoms with van der Waals surface area (Å²) in [6.07, 6.45) is 3.22. The van der Waals surface area contributed by atoms with Gasteiger partial charge in [0, 0.05) is 6.20 Å². The zero-order valence-corrected chi connectivity index (χ0v) is 12.5. The van der Waals surface area contributed by atoms with E-state index in [0.29, 0.717) is 5.56 Å². The fourth-order valence-corrected chi connectivity index (χ4v) is 1.72. The largest absolute Gasteiger partial charge is 0.350 e. The first-order chi connectivity index (χ1) is 10.00. The first kappa shape index (κ1) is 18.1. The lowest BCUT2D eigenvalue weighted by Gasteiger charge is -2.14. The van der Waals surface area contributed by atoms with E-state index in [2.05, 4.69) is 10.4 Å². The summed E-state index contributed by atoms with van der Waals surface area (Å²) in [5, 5.41) is 6.30. The number of hydrogen-bond donors (Lipinski definition) is 2. The minimum absolute atomic E-state index is 0. The van der Waals surface area contributed by atoms with E-state index in [-0.39, 0.29) is 18.8 Å². The number of halogens is 3. The van der Waals surface area contributed by atoms with Gasteiger partial charge in [-0.15, -0.1) is 12.4 Å². The highest BCUT2D eigenvalue weighted by Gasteiger charge is 2.27. The number of benzene rings is 1. The first-order valence-electron chi connectivity index (χ1n) is 6.44. The molecule has 2 aromatic rings. The van der Waals surface area contributed by atoms with Crippen molar-refractivity contribution in [2.75, 3.05) is 13.1 Å². The van der Waals surface area contributed by atoms with Crippen LogP contribution in [0.15, 0.2) is 42.7 Å². The predicted molar refractivity (Wildman–Crippen MR) is 81.5 cm³/mol. The van der Waals surface area contributed by atoms with Crippen LogP contribution >= 0.6 is 12.4 Å². The quantitative estimate of drug-likeness (QED) is 0.844. The summed E-state index contributed by atoms with van der Waals surface area (Å²) in [5.74, 6) is -3.57. The number of para-hydroxylation sites is 1. The van der Waals surface area contributed by atoms with Crippen LogP contribution < -0.4 is 11.1 Å². The molecule has 8 heteroatoms. The molecule has 2 rings (SSSR count). The third-order valence-electron chi connectivity index (χ3n) is 2.86. The van der Waals surface area contributed by atoms with E-state index in [4.69, 9.17) is 5.73 Å². The van der Waals surface area contributed by atoms with Crippen LogP contribution in [0, 0.1) is 0 Å². The van der Waals surface area contributed by atoms with Crippen LogP contribution in [0.2, 0.25) is 0 Å². The Morgan fingerprint density at radius 2 is 2.00 bits per heavy atom.